The average Bonchev–Trinajstić information content (AvgIpc) is 2.30. The van der Waals surface area contributed by atoms with Gasteiger partial charge in [-0.1, -0.05) is 36.9 Å². The Morgan fingerprint density at radius 1 is 1.35 bits per heavy atom. The number of benzene rings is 1. The molecule has 90 valence electrons. The van der Waals surface area contributed by atoms with E-state index in [2.05, 4.69) is 6.58 Å². The van der Waals surface area contributed by atoms with E-state index in [1.807, 2.05) is 44.4 Å². The molecule has 0 radical (unpaired) electrons. The van der Waals surface area contributed by atoms with Crippen LogP contribution >= 0.6 is 0 Å². The van der Waals surface area contributed by atoms with Gasteiger partial charge in [0, 0.05) is 5.56 Å². The first-order valence-corrected chi connectivity index (χ1v) is 5.50. The molecular weight excluding hydrogens is 214 g/mol. The van der Waals surface area contributed by atoms with E-state index in [0.29, 0.717) is 11.0 Å². The Morgan fingerprint density at radius 3 is 2.41 bits per heavy atom. The molecule has 0 saturated carbocycles. The van der Waals surface area contributed by atoms with Crippen molar-refractivity contribution in [3.63, 3.8) is 0 Å². The van der Waals surface area contributed by atoms with Gasteiger partial charge in [-0.2, -0.15) is 0 Å². The lowest BCUT2D eigenvalue weighted by Crippen LogP contribution is -2.47. The Bertz CT molecular complexity index is 409. The van der Waals surface area contributed by atoms with E-state index in [4.69, 9.17) is 0 Å². The summed E-state index contributed by atoms with van der Waals surface area (Å²) < 4.78 is 0.304. The Balaban J connectivity index is 3.17. The number of carbonyl (C=O) groups is 2. The van der Waals surface area contributed by atoms with Crippen LogP contribution in [-0.2, 0) is 9.59 Å². The lowest BCUT2D eigenvalue weighted by atomic mass is 9.99. The summed E-state index contributed by atoms with van der Waals surface area (Å²) in [5.41, 5.74) is 0.907. The monoisotopic (exact) mass is 232 g/mol. The molecular formula is C14H18NO2+. The first kappa shape index (κ1) is 13.3. The van der Waals surface area contributed by atoms with Gasteiger partial charge in [-0.25, -0.2) is 0 Å². The van der Waals surface area contributed by atoms with Gasteiger partial charge in [0.05, 0.1) is 14.1 Å². The van der Waals surface area contributed by atoms with Crippen molar-refractivity contribution in [2.24, 2.45) is 0 Å². The topological polar surface area (TPSA) is 34.1 Å². The van der Waals surface area contributed by atoms with Gasteiger partial charge in [-0.05, 0) is 6.08 Å². The minimum Gasteiger partial charge on any atom is -0.310 e. The number of quaternary nitrogens is 1. The largest absolute Gasteiger partial charge is 0.310 e. The molecule has 0 aliphatic carbocycles. The molecule has 1 atom stereocenters. The zero-order valence-corrected chi connectivity index (χ0v) is 10.3. The Morgan fingerprint density at radius 2 is 1.94 bits per heavy atom. The first-order valence-electron chi connectivity index (χ1n) is 5.50. The van der Waals surface area contributed by atoms with Crippen LogP contribution in [0.1, 0.15) is 11.6 Å². The molecule has 0 spiro atoms. The average molecular weight is 232 g/mol. The van der Waals surface area contributed by atoms with Crippen LogP contribution in [0.5, 0.6) is 0 Å². The fraction of sp³-hybridized carbons (Fsp3) is 0.286. The highest BCUT2D eigenvalue weighted by Crippen LogP contribution is 2.25. The van der Waals surface area contributed by atoms with Crippen LogP contribution in [0.4, 0.5) is 0 Å². The molecule has 0 fully saturated rings. The van der Waals surface area contributed by atoms with Crippen LogP contribution in [0, 0.1) is 0 Å². The zero-order valence-electron chi connectivity index (χ0n) is 10.3. The maximum atomic E-state index is 12.0. The molecule has 1 aromatic rings. The second-order valence-corrected chi connectivity index (χ2v) is 4.55. The van der Waals surface area contributed by atoms with Gasteiger partial charge in [0.25, 0.3) is 0 Å². The molecule has 0 saturated heterocycles. The summed E-state index contributed by atoms with van der Waals surface area (Å²) in [5, 5.41) is 0. The summed E-state index contributed by atoms with van der Waals surface area (Å²) in [4.78, 5) is 22.7. The van der Waals surface area contributed by atoms with Crippen LogP contribution in [-0.4, -0.2) is 37.2 Å². The van der Waals surface area contributed by atoms with Crippen molar-refractivity contribution in [3.05, 3.63) is 48.6 Å². The Labute approximate surface area is 102 Å². The zero-order chi connectivity index (χ0) is 12.9. The maximum Gasteiger partial charge on any atom is 0.217 e. The summed E-state index contributed by atoms with van der Waals surface area (Å²) >= 11 is 0. The van der Waals surface area contributed by atoms with E-state index in [9.17, 15) is 9.59 Å². The number of hydrogen-bond acceptors (Lipinski definition) is 2. The highest BCUT2D eigenvalue weighted by Gasteiger charge is 2.34. The maximum absolute atomic E-state index is 12.0. The predicted molar refractivity (Wildman–Crippen MR) is 67.4 cm³/mol. The summed E-state index contributed by atoms with van der Waals surface area (Å²) in [5.74, 6) is -0.0666. The van der Waals surface area contributed by atoms with Crippen LogP contribution in [0.2, 0.25) is 0 Å². The molecule has 3 heteroatoms. The number of likely N-dealkylation sites (N-methyl/N-ethyl adjacent to an activating group) is 1. The van der Waals surface area contributed by atoms with Gasteiger partial charge >= 0.3 is 0 Å². The quantitative estimate of drug-likeness (QED) is 0.425. The Hall–Kier alpha value is -1.74. The lowest BCUT2D eigenvalue weighted by molar-refractivity contribution is -0.902. The van der Waals surface area contributed by atoms with Gasteiger partial charge in [-0.3, -0.25) is 9.59 Å². The third-order valence-corrected chi connectivity index (χ3v) is 2.83. The molecule has 0 aliphatic heterocycles. The third kappa shape index (κ3) is 3.11. The molecule has 0 aromatic heterocycles. The number of ketones is 1. The standard InChI is InChI=1S/C14H18NO2/c1-4-13(17)14(15(2,3)10-11-16)12-8-6-5-7-9-12/h4-9,11,14H,1,10H2,2-3H3/q+1. The molecule has 0 amide bonds. The molecule has 0 bridgehead atoms. The number of hydrogen-bond donors (Lipinski definition) is 0. The molecule has 17 heavy (non-hydrogen) atoms. The van der Waals surface area contributed by atoms with Gasteiger partial charge in [0.1, 0.15) is 6.54 Å². The van der Waals surface area contributed by atoms with E-state index >= 15 is 0 Å². The second kappa shape index (κ2) is 5.55. The van der Waals surface area contributed by atoms with Crippen molar-refractivity contribution >= 4 is 12.1 Å². The molecule has 1 aromatic carbocycles. The van der Waals surface area contributed by atoms with Crippen LogP contribution in [0.15, 0.2) is 43.0 Å². The molecule has 3 nitrogen and oxygen atoms in total. The van der Waals surface area contributed by atoms with Gasteiger partial charge in [-0.15, -0.1) is 0 Å². The second-order valence-electron chi connectivity index (χ2n) is 4.55. The summed E-state index contributed by atoms with van der Waals surface area (Å²) in [6, 6.07) is 9.10. The first-order chi connectivity index (χ1) is 8.03. The third-order valence-electron chi connectivity index (χ3n) is 2.83. The molecule has 1 rings (SSSR count). The Kier molecular flexibility index (Phi) is 4.35. The van der Waals surface area contributed by atoms with Crippen LogP contribution < -0.4 is 0 Å². The fourth-order valence-corrected chi connectivity index (χ4v) is 1.96. The number of carbonyl (C=O) groups excluding carboxylic acids is 2. The van der Waals surface area contributed by atoms with Gasteiger partial charge in [0.2, 0.25) is 5.78 Å². The highest BCUT2D eigenvalue weighted by molar-refractivity contribution is 5.93. The molecule has 0 N–H and O–H groups in total. The van der Waals surface area contributed by atoms with E-state index in [1.54, 1.807) is 0 Å². The van der Waals surface area contributed by atoms with E-state index in [0.717, 1.165) is 11.8 Å². The normalized spacial score (nSPS) is 12.8. The number of rotatable bonds is 6. The summed E-state index contributed by atoms with van der Waals surface area (Å²) in [6.07, 6.45) is 2.16. The SMILES string of the molecule is C=CC(=O)C(c1ccccc1)[N+](C)(C)CC=O. The highest BCUT2D eigenvalue weighted by atomic mass is 16.1. The van der Waals surface area contributed by atoms with Crippen molar-refractivity contribution in [3.8, 4) is 0 Å². The van der Waals surface area contributed by atoms with E-state index < -0.39 is 0 Å². The fourth-order valence-electron chi connectivity index (χ4n) is 1.96. The van der Waals surface area contributed by atoms with Crippen LogP contribution in [0.3, 0.4) is 0 Å². The smallest absolute Gasteiger partial charge is 0.217 e. The van der Waals surface area contributed by atoms with Crippen molar-refractivity contribution in [2.45, 2.75) is 6.04 Å². The molecule has 0 aliphatic rings. The van der Waals surface area contributed by atoms with Crippen molar-refractivity contribution in [1.82, 2.24) is 0 Å². The summed E-state index contributed by atoms with van der Waals surface area (Å²) in [6.45, 7) is 3.82. The predicted octanol–water partition coefficient (Wildman–Crippen LogP) is 1.76. The minimum absolute atomic E-state index is 0.0666. The van der Waals surface area contributed by atoms with Crippen molar-refractivity contribution < 1.29 is 14.1 Å². The van der Waals surface area contributed by atoms with Crippen LogP contribution in [0.25, 0.3) is 0 Å². The molecule has 1 unspecified atom stereocenters. The van der Waals surface area contributed by atoms with Crippen molar-refractivity contribution in [2.75, 3.05) is 20.6 Å². The number of nitrogens with zero attached hydrogens (tertiary/aromatic N) is 1. The van der Waals surface area contributed by atoms with Crippen molar-refractivity contribution in [1.29, 1.82) is 0 Å². The van der Waals surface area contributed by atoms with E-state index in [-0.39, 0.29) is 11.8 Å². The van der Waals surface area contributed by atoms with Gasteiger partial charge < -0.3 is 4.48 Å². The number of aldehydes is 1. The minimum atomic E-state index is -0.376. The van der Waals surface area contributed by atoms with Gasteiger partial charge in [0.15, 0.2) is 12.3 Å². The molecule has 0 heterocycles. The van der Waals surface area contributed by atoms with E-state index in [1.165, 1.54) is 6.08 Å². The summed E-state index contributed by atoms with van der Waals surface area (Å²) in [7, 11) is 3.74. The lowest BCUT2D eigenvalue weighted by Gasteiger charge is -2.35.